The fraction of sp³-hybridized carbons (Fsp3) is 0.571. The summed E-state index contributed by atoms with van der Waals surface area (Å²) >= 11 is 0. The molecule has 0 nitrogen and oxygen atoms in total. The molecule has 0 saturated heterocycles. The molecule has 80 valence electrons. The third kappa shape index (κ3) is 5.06. The lowest BCUT2D eigenvalue weighted by molar-refractivity contribution is 0.771. The minimum atomic E-state index is 1.04. The monoisotopic (exact) mass is 192 g/mol. The Bertz CT molecular complexity index is 241. The van der Waals surface area contributed by atoms with E-state index in [1.165, 1.54) is 35.1 Å². The van der Waals surface area contributed by atoms with E-state index >= 15 is 0 Å². The molecule has 0 unspecified atom stereocenters. The van der Waals surface area contributed by atoms with Crippen LogP contribution in [0, 0.1) is 0 Å². The summed E-state index contributed by atoms with van der Waals surface area (Å²) in [6.07, 6.45) is 4.72. The van der Waals surface area contributed by atoms with Gasteiger partial charge in [0.15, 0.2) is 0 Å². The van der Waals surface area contributed by atoms with Crippen LogP contribution in [0.4, 0.5) is 0 Å². The second-order valence-corrected chi connectivity index (χ2v) is 4.22. The number of allylic oxidation sites excluding steroid dienone is 4. The van der Waals surface area contributed by atoms with Crippen molar-refractivity contribution in [1.82, 2.24) is 0 Å². The zero-order chi connectivity index (χ0) is 11.1. The predicted octanol–water partition coefficient (Wildman–Crippen LogP) is 5.04. The Balaban J connectivity index is 4.17. The fourth-order valence-corrected chi connectivity index (χ4v) is 1.39. The molecule has 0 heteroatoms. The third-order valence-corrected chi connectivity index (χ3v) is 2.68. The quantitative estimate of drug-likeness (QED) is 0.409. The first kappa shape index (κ1) is 13.2. The molecule has 0 aliphatic rings. The molecule has 0 spiro atoms. The molecule has 0 aromatic heterocycles. The van der Waals surface area contributed by atoms with Crippen LogP contribution < -0.4 is 0 Å². The van der Waals surface area contributed by atoms with Crippen LogP contribution in [0.25, 0.3) is 0 Å². The van der Waals surface area contributed by atoms with Gasteiger partial charge in [0.25, 0.3) is 0 Å². The van der Waals surface area contributed by atoms with Crippen molar-refractivity contribution in [2.45, 2.75) is 53.4 Å². The molecule has 0 fully saturated rings. The van der Waals surface area contributed by atoms with Crippen molar-refractivity contribution < 1.29 is 0 Å². The van der Waals surface area contributed by atoms with Crippen LogP contribution in [0.2, 0.25) is 0 Å². The van der Waals surface area contributed by atoms with E-state index in [1.807, 2.05) is 0 Å². The number of unbranched alkanes of at least 4 members (excludes halogenated alkanes) is 1. The van der Waals surface area contributed by atoms with Crippen LogP contribution in [0.3, 0.4) is 0 Å². The molecule has 0 aromatic carbocycles. The highest BCUT2D eigenvalue weighted by atomic mass is 14.1. The molecule has 0 heterocycles. The maximum absolute atomic E-state index is 4.11. The third-order valence-electron chi connectivity index (χ3n) is 2.68. The van der Waals surface area contributed by atoms with Gasteiger partial charge >= 0.3 is 0 Å². The Morgan fingerprint density at radius 2 is 1.64 bits per heavy atom. The second kappa shape index (κ2) is 6.64. The van der Waals surface area contributed by atoms with E-state index in [-0.39, 0.29) is 0 Å². The first-order chi connectivity index (χ1) is 6.49. The molecule has 0 rings (SSSR count). The van der Waals surface area contributed by atoms with E-state index in [4.69, 9.17) is 0 Å². The normalized spacial score (nSPS) is 12.3. The zero-order valence-electron chi connectivity index (χ0n) is 10.2. The van der Waals surface area contributed by atoms with E-state index in [2.05, 4.69) is 40.9 Å². The van der Waals surface area contributed by atoms with Gasteiger partial charge in [0.2, 0.25) is 0 Å². The molecular formula is C14H24. The Hall–Kier alpha value is -0.780. The van der Waals surface area contributed by atoms with Crippen molar-refractivity contribution in [3.8, 4) is 0 Å². The average Bonchev–Trinajstić information content (AvgIpc) is 2.13. The van der Waals surface area contributed by atoms with Gasteiger partial charge in [0.05, 0.1) is 0 Å². The summed E-state index contributed by atoms with van der Waals surface area (Å²) in [4.78, 5) is 0. The maximum atomic E-state index is 4.11. The number of rotatable bonds is 6. The van der Waals surface area contributed by atoms with Gasteiger partial charge in [0.1, 0.15) is 0 Å². The van der Waals surface area contributed by atoms with Gasteiger partial charge in [-0.1, -0.05) is 43.2 Å². The van der Waals surface area contributed by atoms with Crippen LogP contribution in [-0.4, -0.2) is 0 Å². The Morgan fingerprint density at radius 3 is 2.07 bits per heavy atom. The molecule has 0 radical (unpaired) electrons. The Labute approximate surface area is 89.4 Å². The average molecular weight is 192 g/mol. The summed E-state index contributed by atoms with van der Waals surface area (Å²) in [7, 11) is 0. The van der Waals surface area contributed by atoms with Gasteiger partial charge in [0, 0.05) is 0 Å². The lowest BCUT2D eigenvalue weighted by Gasteiger charge is -2.09. The minimum absolute atomic E-state index is 1.04. The lowest BCUT2D eigenvalue weighted by atomic mass is 9.97. The van der Waals surface area contributed by atoms with Crippen molar-refractivity contribution in [2.24, 2.45) is 0 Å². The molecule has 0 amide bonds. The van der Waals surface area contributed by atoms with Crippen molar-refractivity contribution in [3.63, 3.8) is 0 Å². The largest absolute Gasteiger partial charge is 0.0995 e. The van der Waals surface area contributed by atoms with E-state index < -0.39 is 0 Å². The first-order valence-electron chi connectivity index (χ1n) is 5.47. The molecular weight excluding hydrogens is 168 g/mol. The summed E-state index contributed by atoms with van der Waals surface area (Å²) in [6, 6.07) is 0. The topological polar surface area (TPSA) is 0 Å². The highest BCUT2D eigenvalue weighted by Gasteiger charge is 2.00. The van der Waals surface area contributed by atoms with E-state index in [0.717, 1.165) is 12.8 Å². The van der Waals surface area contributed by atoms with Gasteiger partial charge in [-0.05, 0) is 45.6 Å². The molecule has 0 aromatic rings. The fourth-order valence-electron chi connectivity index (χ4n) is 1.39. The molecule has 0 aliphatic heterocycles. The smallest absolute Gasteiger partial charge is 0.0108 e. The molecule has 0 aliphatic carbocycles. The van der Waals surface area contributed by atoms with Crippen molar-refractivity contribution >= 4 is 0 Å². The van der Waals surface area contributed by atoms with Gasteiger partial charge in [-0.3, -0.25) is 0 Å². The zero-order valence-corrected chi connectivity index (χ0v) is 10.2. The second-order valence-electron chi connectivity index (χ2n) is 4.22. The van der Waals surface area contributed by atoms with Crippen molar-refractivity contribution in [1.29, 1.82) is 0 Å². The predicted molar refractivity (Wildman–Crippen MR) is 66.5 cm³/mol. The summed E-state index contributed by atoms with van der Waals surface area (Å²) in [5.41, 5.74) is 5.27. The molecule has 0 saturated carbocycles. The summed E-state index contributed by atoms with van der Waals surface area (Å²) in [5, 5.41) is 0. The van der Waals surface area contributed by atoms with E-state index in [0.29, 0.717) is 0 Å². The van der Waals surface area contributed by atoms with Gasteiger partial charge in [-0.15, -0.1) is 0 Å². The minimum Gasteiger partial charge on any atom is -0.0995 e. The summed E-state index contributed by atoms with van der Waals surface area (Å²) < 4.78 is 0. The van der Waals surface area contributed by atoms with Crippen molar-refractivity contribution in [3.05, 3.63) is 35.5 Å². The van der Waals surface area contributed by atoms with E-state index in [1.54, 1.807) is 0 Å². The highest BCUT2D eigenvalue weighted by molar-refractivity contribution is 5.30. The standard InChI is InChI=1S/C14H24/c1-7-8-9-12(4)10-13(5)14(6)11(2)3/h2,4,7-10H2,1,3,5-6H3. The summed E-state index contributed by atoms with van der Waals surface area (Å²) in [5.74, 6) is 0. The molecule has 0 atom stereocenters. The SMILES string of the molecule is C=C(CCCC)CC(C)=C(C)C(=C)C. The van der Waals surface area contributed by atoms with Crippen molar-refractivity contribution in [2.75, 3.05) is 0 Å². The maximum Gasteiger partial charge on any atom is -0.0108 e. The van der Waals surface area contributed by atoms with Gasteiger partial charge < -0.3 is 0 Å². The Kier molecular flexibility index (Phi) is 6.27. The van der Waals surface area contributed by atoms with E-state index in [9.17, 15) is 0 Å². The van der Waals surface area contributed by atoms with Gasteiger partial charge in [-0.2, -0.15) is 0 Å². The van der Waals surface area contributed by atoms with Gasteiger partial charge in [-0.25, -0.2) is 0 Å². The molecule has 14 heavy (non-hydrogen) atoms. The van der Waals surface area contributed by atoms with Crippen LogP contribution in [0.15, 0.2) is 35.5 Å². The first-order valence-corrected chi connectivity index (χ1v) is 5.47. The molecule has 0 N–H and O–H groups in total. The van der Waals surface area contributed by atoms with Crippen LogP contribution in [0.5, 0.6) is 0 Å². The molecule has 0 bridgehead atoms. The number of hydrogen-bond donors (Lipinski definition) is 0. The van der Waals surface area contributed by atoms with Crippen LogP contribution in [-0.2, 0) is 0 Å². The highest BCUT2D eigenvalue weighted by Crippen LogP contribution is 2.20. The lowest BCUT2D eigenvalue weighted by Crippen LogP contribution is -1.89. The van der Waals surface area contributed by atoms with Crippen LogP contribution >= 0.6 is 0 Å². The van der Waals surface area contributed by atoms with Crippen LogP contribution in [0.1, 0.15) is 53.4 Å². The summed E-state index contributed by atoms with van der Waals surface area (Å²) in [6.45, 7) is 16.7. The number of hydrogen-bond acceptors (Lipinski definition) is 0. The Morgan fingerprint density at radius 1 is 1.07 bits per heavy atom.